The van der Waals surface area contributed by atoms with Crippen molar-refractivity contribution >= 4 is 5.78 Å². The molecule has 4 aliphatic carbocycles. The van der Waals surface area contributed by atoms with Crippen molar-refractivity contribution in [3.05, 3.63) is 52.1 Å². The Hall–Kier alpha value is -2.01. The maximum Gasteiger partial charge on any atom is 0.156 e. The number of rotatable bonds is 2. The molecule has 3 nitrogen and oxygen atoms in total. The second-order valence-electron chi connectivity index (χ2n) is 9.68. The number of methoxy groups -OCH3 is 1. The summed E-state index contributed by atoms with van der Waals surface area (Å²) in [6.07, 6.45) is 6.31. The number of hydrogen-bond acceptors (Lipinski definition) is 3. The van der Waals surface area contributed by atoms with Crippen molar-refractivity contribution < 1.29 is 23.4 Å². The summed E-state index contributed by atoms with van der Waals surface area (Å²) in [6, 6.07) is 2.50. The van der Waals surface area contributed by atoms with E-state index >= 15 is 8.78 Å². The van der Waals surface area contributed by atoms with Gasteiger partial charge >= 0.3 is 0 Å². The first-order valence-corrected chi connectivity index (χ1v) is 11.0. The highest BCUT2D eigenvalue weighted by atomic mass is 19.1. The normalized spacial score (nSPS) is 35.5. The molecule has 0 aliphatic heterocycles. The minimum absolute atomic E-state index is 0.0835. The smallest absolute Gasteiger partial charge is 0.156 e. The molecule has 0 amide bonds. The number of carbonyl (C=O) groups excluding carboxylic acids is 1. The van der Waals surface area contributed by atoms with Gasteiger partial charge in [-0.2, -0.15) is 0 Å². The Morgan fingerprint density at radius 3 is 2.53 bits per heavy atom. The van der Waals surface area contributed by atoms with E-state index in [0.717, 1.165) is 42.4 Å². The van der Waals surface area contributed by atoms with Gasteiger partial charge < -0.3 is 9.84 Å². The van der Waals surface area contributed by atoms with Gasteiger partial charge in [-0.25, -0.2) is 8.78 Å². The van der Waals surface area contributed by atoms with Gasteiger partial charge in [0, 0.05) is 30.0 Å². The SMILES string of the molecule is COc1cc(F)c(C2CC3(C)C(O)CCC3C3CCC4=CC(=O)CCC4=C23)c(F)c1. The number of hydrogen-bond donors (Lipinski definition) is 1. The van der Waals surface area contributed by atoms with E-state index in [1.54, 1.807) is 6.08 Å². The summed E-state index contributed by atoms with van der Waals surface area (Å²) < 4.78 is 35.5. The van der Waals surface area contributed by atoms with Crippen molar-refractivity contribution in [1.82, 2.24) is 0 Å². The number of ether oxygens (including phenoxy) is 1. The molecule has 30 heavy (non-hydrogen) atoms. The third-order valence-corrected chi connectivity index (χ3v) is 8.32. The lowest BCUT2D eigenvalue weighted by molar-refractivity contribution is -0.114. The molecule has 0 radical (unpaired) electrons. The van der Waals surface area contributed by atoms with Crippen molar-refractivity contribution in [3.8, 4) is 5.75 Å². The van der Waals surface area contributed by atoms with Gasteiger partial charge in [0.05, 0.1) is 13.2 Å². The van der Waals surface area contributed by atoms with E-state index in [2.05, 4.69) is 6.92 Å². The molecular formula is C25H28F2O3. The molecule has 0 heterocycles. The summed E-state index contributed by atoms with van der Waals surface area (Å²) in [5.41, 5.74) is 3.05. The molecule has 1 aromatic rings. The average Bonchev–Trinajstić information content (AvgIpc) is 3.01. The number of allylic oxidation sites excluding steroid dienone is 4. The Kier molecular flexibility index (Phi) is 4.66. The van der Waals surface area contributed by atoms with Crippen LogP contribution in [-0.4, -0.2) is 24.1 Å². The van der Waals surface area contributed by atoms with Crippen molar-refractivity contribution in [3.63, 3.8) is 0 Å². The van der Waals surface area contributed by atoms with E-state index in [1.807, 2.05) is 0 Å². The van der Waals surface area contributed by atoms with E-state index in [0.29, 0.717) is 25.2 Å². The van der Waals surface area contributed by atoms with Gasteiger partial charge in [0.2, 0.25) is 0 Å². The zero-order valence-electron chi connectivity index (χ0n) is 17.5. The second-order valence-corrected chi connectivity index (χ2v) is 9.68. The number of fused-ring (bicyclic) bond motifs is 4. The predicted octanol–water partition coefficient (Wildman–Crippen LogP) is 5.23. The van der Waals surface area contributed by atoms with Gasteiger partial charge in [0.1, 0.15) is 17.4 Å². The highest BCUT2D eigenvalue weighted by Gasteiger charge is 2.56. The van der Waals surface area contributed by atoms with Crippen LogP contribution in [0.4, 0.5) is 8.78 Å². The lowest BCUT2D eigenvalue weighted by atomic mass is 9.53. The zero-order valence-corrected chi connectivity index (χ0v) is 17.5. The molecule has 2 saturated carbocycles. The van der Waals surface area contributed by atoms with Crippen LogP contribution in [0.3, 0.4) is 0 Å². The van der Waals surface area contributed by atoms with Crippen molar-refractivity contribution in [1.29, 1.82) is 0 Å². The Bertz CT molecular complexity index is 956. The maximum absolute atomic E-state index is 15.2. The molecule has 0 aromatic heterocycles. The summed E-state index contributed by atoms with van der Waals surface area (Å²) in [7, 11) is 1.40. The van der Waals surface area contributed by atoms with Crippen molar-refractivity contribution in [2.45, 2.75) is 63.9 Å². The van der Waals surface area contributed by atoms with E-state index in [1.165, 1.54) is 19.2 Å². The van der Waals surface area contributed by atoms with Gasteiger partial charge in [0.15, 0.2) is 5.78 Å². The number of halogens is 2. The molecule has 1 N–H and O–H groups in total. The molecule has 0 spiro atoms. The van der Waals surface area contributed by atoms with E-state index in [4.69, 9.17) is 4.74 Å². The summed E-state index contributed by atoms with van der Waals surface area (Å²) in [4.78, 5) is 12.0. The first-order chi connectivity index (χ1) is 14.3. The number of benzene rings is 1. The first kappa shape index (κ1) is 19.9. The standard InChI is InChI=1S/C25H28F2O3/c1-25-12-18(24-20(26)10-15(30-2)11-21(24)27)23-16-6-4-14(28)9-13(16)3-5-17(23)19(25)7-8-22(25)29/h9-11,17-19,22,29H,3-8,12H2,1-2H3. The van der Waals surface area contributed by atoms with Gasteiger partial charge in [0.25, 0.3) is 0 Å². The fourth-order valence-electron chi connectivity index (χ4n) is 6.90. The molecular weight excluding hydrogens is 386 g/mol. The Morgan fingerprint density at radius 1 is 1.10 bits per heavy atom. The molecule has 160 valence electrons. The van der Waals surface area contributed by atoms with Crippen LogP contribution in [0.25, 0.3) is 0 Å². The van der Waals surface area contributed by atoms with Gasteiger partial charge in [-0.15, -0.1) is 0 Å². The largest absolute Gasteiger partial charge is 0.497 e. The summed E-state index contributed by atoms with van der Waals surface area (Å²) in [6.45, 7) is 2.10. The van der Waals surface area contributed by atoms with Crippen LogP contribution in [0.5, 0.6) is 5.75 Å². The lowest BCUT2D eigenvalue weighted by Crippen LogP contribution is -2.45. The topological polar surface area (TPSA) is 46.5 Å². The average molecular weight is 414 g/mol. The summed E-state index contributed by atoms with van der Waals surface area (Å²) in [5.74, 6) is -0.800. The fraction of sp³-hybridized carbons (Fsp3) is 0.560. The van der Waals surface area contributed by atoms with Crippen molar-refractivity contribution in [2.75, 3.05) is 7.11 Å². The Balaban J connectivity index is 1.72. The van der Waals surface area contributed by atoms with Gasteiger partial charge in [-0.3, -0.25) is 4.79 Å². The van der Waals surface area contributed by atoms with Crippen molar-refractivity contribution in [2.24, 2.45) is 17.3 Å². The molecule has 1 aromatic carbocycles. The van der Waals surface area contributed by atoms with Crippen LogP contribution in [0.15, 0.2) is 34.9 Å². The number of aliphatic hydroxyl groups excluding tert-OH is 1. The van der Waals surface area contributed by atoms with Crippen LogP contribution >= 0.6 is 0 Å². The van der Waals surface area contributed by atoms with Crippen LogP contribution < -0.4 is 4.74 Å². The predicted molar refractivity (Wildman–Crippen MR) is 109 cm³/mol. The number of ketones is 1. The third-order valence-electron chi connectivity index (χ3n) is 8.32. The molecule has 5 heteroatoms. The maximum atomic E-state index is 15.2. The molecule has 4 aliphatic rings. The molecule has 2 fully saturated rings. The number of carbonyl (C=O) groups is 1. The van der Waals surface area contributed by atoms with Crippen LogP contribution in [0, 0.1) is 28.9 Å². The number of aliphatic hydroxyl groups is 1. The van der Waals surface area contributed by atoms with Crippen LogP contribution in [-0.2, 0) is 4.79 Å². The molecule has 0 saturated heterocycles. The zero-order chi connectivity index (χ0) is 21.2. The quantitative estimate of drug-likeness (QED) is 0.720. The van der Waals surface area contributed by atoms with Crippen LogP contribution in [0.2, 0.25) is 0 Å². The highest BCUT2D eigenvalue weighted by molar-refractivity contribution is 5.93. The van der Waals surface area contributed by atoms with Gasteiger partial charge in [-0.05, 0) is 73.0 Å². The lowest BCUT2D eigenvalue weighted by Gasteiger charge is -2.52. The summed E-state index contributed by atoms with van der Waals surface area (Å²) >= 11 is 0. The molecule has 5 unspecified atom stereocenters. The van der Waals surface area contributed by atoms with E-state index < -0.39 is 23.7 Å². The monoisotopic (exact) mass is 414 g/mol. The minimum Gasteiger partial charge on any atom is -0.497 e. The van der Waals surface area contributed by atoms with E-state index in [-0.39, 0.29) is 28.4 Å². The van der Waals surface area contributed by atoms with Crippen LogP contribution in [0.1, 0.15) is 63.4 Å². The van der Waals surface area contributed by atoms with E-state index in [9.17, 15) is 9.90 Å². The Morgan fingerprint density at radius 2 is 1.83 bits per heavy atom. The minimum atomic E-state index is -0.596. The van der Waals surface area contributed by atoms with Gasteiger partial charge in [-0.1, -0.05) is 12.5 Å². The summed E-state index contributed by atoms with van der Waals surface area (Å²) in [5, 5.41) is 10.8. The highest BCUT2D eigenvalue weighted by Crippen LogP contribution is 2.64. The Labute approximate surface area is 175 Å². The molecule has 5 atom stereocenters. The molecule has 5 rings (SSSR count). The first-order valence-electron chi connectivity index (χ1n) is 11.0. The second kappa shape index (κ2) is 7.01. The fourth-order valence-corrected chi connectivity index (χ4v) is 6.90. The third kappa shape index (κ3) is 2.81. The molecule has 0 bridgehead atoms.